The van der Waals surface area contributed by atoms with Gasteiger partial charge in [-0.1, -0.05) is 18.7 Å². The molecule has 17 heavy (non-hydrogen) atoms. The standard InChI is InChI=1S/C13H27N3S/c1-6-11(2)16(5)9-8-14-12-15-13(3,4)7-10-17-12/h11H,6-10H2,1-5H3,(H,14,15). The molecule has 1 aliphatic rings. The van der Waals surface area contributed by atoms with Crippen molar-refractivity contribution in [2.45, 2.75) is 52.1 Å². The summed E-state index contributed by atoms with van der Waals surface area (Å²) in [6, 6.07) is 0.651. The molecule has 3 nitrogen and oxygen atoms in total. The minimum absolute atomic E-state index is 0.215. The van der Waals surface area contributed by atoms with E-state index < -0.39 is 0 Å². The molecule has 1 atom stereocenters. The van der Waals surface area contributed by atoms with E-state index in [1.165, 1.54) is 18.6 Å². The van der Waals surface area contributed by atoms with Crippen LogP contribution < -0.4 is 5.32 Å². The Morgan fingerprint density at radius 3 is 2.82 bits per heavy atom. The fourth-order valence-electron chi connectivity index (χ4n) is 1.72. The molecule has 1 saturated heterocycles. The molecule has 0 amide bonds. The van der Waals surface area contributed by atoms with E-state index in [1.807, 2.05) is 11.8 Å². The molecule has 0 bridgehead atoms. The molecular formula is C13H27N3S. The zero-order valence-corrected chi connectivity index (χ0v) is 12.7. The monoisotopic (exact) mass is 257 g/mol. The summed E-state index contributed by atoms with van der Waals surface area (Å²) in [5.74, 6) is 1.18. The smallest absolute Gasteiger partial charge is 0.157 e. The molecule has 0 aromatic heterocycles. The van der Waals surface area contributed by atoms with Crippen LogP contribution in [0.25, 0.3) is 0 Å². The molecule has 0 spiro atoms. The molecule has 100 valence electrons. The minimum atomic E-state index is 0.215. The lowest BCUT2D eigenvalue weighted by Crippen LogP contribution is -2.46. The predicted octanol–water partition coefficient (Wildman–Crippen LogP) is 2.58. The van der Waals surface area contributed by atoms with Gasteiger partial charge in [0.1, 0.15) is 0 Å². The number of thioether (sulfide) groups is 1. The second kappa shape index (κ2) is 6.64. The van der Waals surface area contributed by atoms with Crippen molar-refractivity contribution >= 4 is 16.9 Å². The van der Waals surface area contributed by atoms with Gasteiger partial charge in [-0.15, -0.1) is 0 Å². The van der Waals surface area contributed by atoms with Crippen molar-refractivity contribution in [1.82, 2.24) is 10.2 Å². The SMILES string of the molecule is CCC(C)N(C)CCN=C1NC(C)(C)CCS1. The predicted molar refractivity (Wildman–Crippen MR) is 79.0 cm³/mol. The van der Waals surface area contributed by atoms with E-state index in [2.05, 4.69) is 50.0 Å². The molecule has 0 aromatic carbocycles. The lowest BCUT2D eigenvalue weighted by Gasteiger charge is -2.32. The minimum Gasteiger partial charge on any atom is -0.360 e. The topological polar surface area (TPSA) is 27.6 Å². The van der Waals surface area contributed by atoms with Gasteiger partial charge in [-0.2, -0.15) is 0 Å². The van der Waals surface area contributed by atoms with E-state index in [0.717, 1.165) is 18.3 Å². The maximum Gasteiger partial charge on any atom is 0.157 e. The first kappa shape index (κ1) is 14.8. The van der Waals surface area contributed by atoms with Crippen molar-refractivity contribution < 1.29 is 0 Å². The van der Waals surface area contributed by atoms with Crippen molar-refractivity contribution in [1.29, 1.82) is 0 Å². The second-order valence-corrected chi connectivity index (χ2v) is 6.62. The third kappa shape index (κ3) is 5.30. The quantitative estimate of drug-likeness (QED) is 0.820. The number of nitrogens with one attached hydrogen (secondary N) is 1. The van der Waals surface area contributed by atoms with E-state index in [-0.39, 0.29) is 5.54 Å². The van der Waals surface area contributed by atoms with Crippen LogP contribution in [0.5, 0.6) is 0 Å². The van der Waals surface area contributed by atoms with Gasteiger partial charge in [0, 0.05) is 23.9 Å². The molecule has 0 aromatic rings. The Morgan fingerprint density at radius 1 is 1.53 bits per heavy atom. The molecular weight excluding hydrogens is 230 g/mol. The number of nitrogens with zero attached hydrogens (tertiary/aromatic N) is 2. The maximum absolute atomic E-state index is 4.66. The van der Waals surface area contributed by atoms with E-state index in [1.54, 1.807) is 0 Å². The van der Waals surface area contributed by atoms with Crippen LogP contribution in [0.4, 0.5) is 0 Å². The number of hydrogen-bond donors (Lipinski definition) is 1. The van der Waals surface area contributed by atoms with Crippen LogP contribution in [0.15, 0.2) is 4.99 Å². The molecule has 1 N–H and O–H groups in total. The van der Waals surface area contributed by atoms with E-state index in [0.29, 0.717) is 6.04 Å². The molecule has 1 rings (SSSR count). The summed E-state index contributed by atoms with van der Waals surface area (Å²) in [5, 5.41) is 4.63. The Morgan fingerprint density at radius 2 is 2.24 bits per heavy atom. The van der Waals surface area contributed by atoms with Gasteiger partial charge in [0.05, 0.1) is 6.54 Å². The second-order valence-electron chi connectivity index (χ2n) is 5.53. The van der Waals surface area contributed by atoms with Gasteiger partial charge < -0.3 is 10.2 Å². The largest absolute Gasteiger partial charge is 0.360 e. The van der Waals surface area contributed by atoms with Crippen LogP contribution in [-0.2, 0) is 0 Å². The third-order valence-electron chi connectivity index (χ3n) is 3.46. The van der Waals surface area contributed by atoms with Crippen molar-refractivity contribution in [2.75, 3.05) is 25.9 Å². The van der Waals surface area contributed by atoms with Crippen LogP contribution in [0.1, 0.15) is 40.5 Å². The summed E-state index contributed by atoms with van der Waals surface area (Å²) in [5.41, 5.74) is 0.215. The van der Waals surface area contributed by atoms with Crippen molar-refractivity contribution in [3.8, 4) is 0 Å². The Bertz CT molecular complexity index is 263. The summed E-state index contributed by atoms with van der Waals surface area (Å²) < 4.78 is 0. The number of likely N-dealkylation sites (N-methyl/N-ethyl adjacent to an activating group) is 1. The van der Waals surface area contributed by atoms with Crippen LogP contribution in [0.3, 0.4) is 0 Å². The van der Waals surface area contributed by atoms with Crippen LogP contribution in [0, 0.1) is 0 Å². The van der Waals surface area contributed by atoms with E-state index >= 15 is 0 Å². The summed E-state index contributed by atoms with van der Waals surface area (Å²) in [6.07, 6.45) is 2.41. The fourth-order valence-corrected chi connectivity index (χ4v) is 3.05. The molecule has 0 aliphatic carbocycles. The Hall–Kier alpha value is -0.220. The highest BCUT2D eigenvalue weighted by Crippen LogP contribution is 2.21. The van der Waals surface area contributed by atoms with Gasteiger partial charge in [0.15, 0.2) is 5.17 Å². The van der Waals surface area contributed by atoms with Crippen LogP contribution in [0.2, 0.25) is 0 Å². The number of aliphatic imine (C=N–C) groups is 1. The first-order chi connectivity index (χ1) is 7.94. The molecule has 1 fully saturated rings. The van der Waals surface area contributed by atoms with Crippen LogP contribution >= 0.6 is 11.8 Å². The molecule has 1 heterocycles. The summed E-state index contributed by atoms with van der Waals surface area (Å²) in [6.45, 7) is 10.9. The highest BCUT2D eigenvalue weighted by molar-refractivity contribution is 8.13. The average Bonchev–Trinajstić information content (AvgIpc) is 2.26. The van der Waals surface area contributed by atoms with Crippen molar-refractivity contribution in [3.63, 3.8) is 0 Å². The first-order valence-electron chi connectivity index (χ1n) is 6.60. The Kier molecular flexibility index (Phi) is 5.80. The third-order valence-corrected chi connectivity index (χ3v) is 4.38. The zero-order valence-electron chi connectivity index (χ0n) is 11.9. The van der Waals surface area contributed by atoms with Crippen LogP contribution in [-0.4, -0.2) is 47.5 Å². The number of hydrogen-bond acceptors (Lipinski definition) is 3. The van der Waals surface area contributed by atoms with Gasteiger partial charge in [-0.05, 0) is 40.7 Å². The number of amidine groups is 1. The van der Waals surface area contributed by atoms with Gasteiger partial charge in [0.2, 0.25) is 0 Å². The summed E-state index contributed by atoms with van der Waals surface area (Å²) in [7, 11) is 2.18. The Labute approximate surface area is 110 Å². The normalized spacial score (nSPS) is 23.8. The molecule has 1 aliphatic heterocycles. The van der Waals surface area contributed by atoms with E-state index in [4.69, 9.17) is 0 Å². The molecule has 1 unspecified atom stereocenters. The molecule has 4 heteroatoms. The Balaban J connectivity index is 2.33. The van der Waals surface area contributed by atoms with Gasteiger partial charge >= 0.3 is 0 Å². The lowest BCUT2D eigenvalue weighted by atomic mass is 10.0. The summed E-state index contributed by atoms with van der Waals surface area (Å²) >= 11 is 1.85. The fraction of sp³-hybridized carbons (Fsp3) is 0.923. The highest BCUT2D eigenvalue weighted by Gasteiger charge is 2.23. The molecule has 0 saturated carbocycles. The highest BCUT2D eigenvalue weighted by atomic mass is 32.2. The van der Waals surface area contributed by atoms with E-state index in [9.17, 15) is 0 Å². The van der Waals surface area contributed by atoms with Crippen molar-refractivity contribution in [2.24, 2.45) is 4.99 Å². The number of rotatable bonds is 5. The summed E-state index contributed by atoms with van der Waals surface area (Å²) in [4.78, 5) is 7.04. The lowest BCUT2D eigenvalue weighted by molar-refractivity contribution is 0.259. The average molecular weight is 257 g/mol. The van der Waals surface area contributed by atoms with Gasteiger partial charge in [0.25, 0.3) is 0 Å². The van der Waals surface area contributed by atoms with Gasteiger partial charge in [-0.25, -0.2) is 0 Å². The maximum atomic E-state index is 4.66. The zero-order chi connectivity index (χ0) is 12.9. The molecule has 0 radical (unpaired) electrons. The van der Waals surface area contributed by atoms with Crippen molar-refractivity contribution in [3.05, 3.63) is 0 Å². The first-order valence-corrected chi connectivity index (χ1v) is 7.59. The van der Waals surface area contributed by atoms with Gasteiger partial charge in [-0.3, -0.25) is 4.99 Å².